The molecule has 1 aliphatic rings. The molecule has 1 aliphatic heterocycles. The fraction of sp³-hybridized carbons (Fsp3) is 0.350. The minimum atomic E-state index is -3.69. The van der Waals surface area contributed by atoms with E-state index in [1.807, 2.05) is 24.8 Å². The minimum Gasteiger partial charge on any atom is -0.324 e. The number of sulfonamides is 1. The number of piperazine rings is 1. The lowest BCUT2D eigenvalue weighted by molar-refractivity contribution is -0.121. The smallest absolute Gasteiger partial charge is 0.245 e. The van der Waals surface area contributed by atoms with E-state index >= 15 is 0 Å². The zero-order chi connectivity index (χ0) is 22.2. The number of halogens is 1. The summed E-state index contributed by atoms with van der Waals surface area (Å²) in [7, 11) is -3.69. The summed E-state index contributed by atoms with van der Waals surface area (Å²) < 4.78 is 36.1. The van der Waals surface area contributed by atoms with Crippen molar-refractivity contribution in [2.45, 2.75) is 24.8 Å². The van der Waals surface area contributed by atoms with Crippen LogP contribution < -0.4 is 5.32 Å². The second kappa shape index (κ2) is 8.79. The lowest BCUT2D eigenvalue weighted by Crippen LogP contribution is -2.53. The van der Waals surface area contributed by atoms with Crippen LogP contribution in [0.5, 0.6) is 0 Å². The third-order valence-electron chi connectivity index (χ3n) is 5.52. The molecule has 1 fully saturated rings. The highest BCUT2D eigenvalue weighted by Crippen LogP contribution is 2.26. The van der Waals surface area contributed by atoms with Crippen molar-refractivity contribution in [1.82, 2.24) is 18.0 Å². The van der Waals surface area contributed by atoms with Gasteiger partial charge in [-0.25, -0.2) is 8.42 Å². The number of carbonyl (C=O) groups is 1. The molecule has 0 bridgehead atoms. The lowest BCUT2D eigenvalue weighted by Gasteiger charge is -2.36. The molecule has 8 nitrogen and oxygen atoms in total. The van der Waals surface area contributed by atoms with E-state index in [0.29, 0.717) is 47.9 Å². The van der Waals surface area contributed by atoms with Gasteiger partial charge >= 0.3 is 0 Å². The van der Waals surface area contributed by atoms with Gasteiger partial charge in [-0.15, -0.1) is 0 Å². The maximum Gasteiger partial charge on any atom is 0.245 e. The van der Waals surface area contributed by atoms with Crippen LogP contribution in [0.2, 0.25) is 5.02 Å². The Labute approximate surface area is 190 Å². The number of nitrogens with one attached hydrogen (secondary N) is 1. The fourth-order valence-electron chi connectivity index (χ4n) is 3.59. The number of anilines is 1. The van der Waals surface area contributed by atoms with Gasteiger partial charge in [0.15, 0.2) is 0 Å². The van der Waals surface area contributed by atoms with Crippen molar-refractivity contribution in [2.24, 2.45) is 0 Å². The van der Waals surface area contributed by atoms with Gasteiger partial charge in [-0.2, -0.15) is 13.1 Å². The number of amides is 1. The molecule has 164 valence electrons. The van der Waals surface area contributed by atoms with Gasteiger partial charge in [0.1, 0.15) is 15.9 Å². The number of fused-ring (bicyclic) bond motifs is 1. The molecule has 1 amide bonds. The number of nitrogens with zero attached hydrogens (tertiary/aromatic N) is 4. The zero-order valence-electron chi connectivity index (χ0n) is 17.1. The molecule has 0 saturated carbocycles. The first-order chi connectivity index (χ1) is 14.8. The maximum absolute atomic E-state index is 13.2. The molecule has 0 spiro atoms. The molecule has 1 saturated heterocycles. The Hall–Kier alpha value is -2.11. The van der Waals surface area contributed by atoms with Gasteiger partial charge in [0, 0.05) is 36.9 Å². The molecule has 1 aromatic heterocycles. The van der Waals surface area contributed by atoms with Crippen molar-refractivity contribution in [3.05, 3.63) is 47.0 Å². The quantitative estimate of drug-likeness (QED) is 0.604. The largest absolute Gasteiger partial charge is 0.324 e. The normalized spacial score (nSPS) is 17.0. The molecule has 0 radical (unpaired) electrons. The summed E-state index contributed by atoms with van der Waals surface area (Å²) in [6.45, 7) is 5.22. The minimum absolute atomic E-state index is 0.153. The maximum atomic E-state index is 13.2. The third kappa shape index (κ3) is 4.44. The molecule has 11 heteroatoms. The molecular weight excluding hydrogens is 458 g/mol. The molecule has 31 heavy (non-hydrogen) atoms. The van der Waals surface area contributed by atoms with Gasteiger partial charge < -0.3 is 5.32 Å². The van der Waals surface area contributed by atoms with Gasteiger partial charge in [0.05, 0.1) is 17.8 Å². The Kier molecular flexibility index (Phi) is 6.27. The average molecular weight is 480 g/mol. The highest BCUT2D eigenvalue weighted by Gasteiger charge is 2.33. The van der Waals surface area contributed by atoms with E-state index < -0.39 is 16.1 Å². The van der Waals surface area contributed by atoms with Crippen LogP contribution in [-0.4, -0.2) is 64.5 Å². The molecule has 2 heterocycles. The number of carbonyl (C=O) groups excluding carboxylic acids is 1. The Bertz CT molecular complexity index is 1220. The Morgan fingerprint density at radius 2 is 1.90 bits per heavy atom. The molecule has 4 rings (SSSR count). The van der Waals surface area contributed by atoms with Crippen LogP contribution in [0, 0.1) is 6.92 Å². The third-order valence-corrected chi connectivity index (χ3v) is 8.23. The second-order valence-corrected chi connectivity index (χ2v) is 10.3. The van der Waals surface area contributed by atoms with Crippen LogP contribution in [0.1, 0.15) is 12.5 Å². The van der Waals surface area contributed by atoms with Crippen molar-refractivity contribution < 1.29 is 13.2 Å². The first-order valence-electron chi connectivity index (χ1n) is 9.80. The monoisotopic (exact) mass is 479 g/mol. The Morgan fingerprint density at radius 3 is 2.65 bits per heavy atom. The predicted octanol–water partition coefficient (Wildman–Crippen LogP) is 2.99. The van der Waals surface area contributed by atoms with Crippen LogP contribution >= 0.6 is 23.3 Å². The highest BCUT2D eigenvalue weighted by molar-refractivity contribution is 7.89. The van der Waals surface area contributed by atoms with E-state index in [1.165, 1.54) is 4.31 Å². The molecule has 1 unspecified atom stereocenters. The topological polar surface area (TPSA) is 95.5 Å². The number of hydrogen-bond donors (Lipinski definition) is 1. The molecular formula is C20H22ClN5O3S2. The van der Waals surface area contributed by atoms with Crippen LogP contribution in [-0.2, 0) is 14.8 Å². The van der Waals surface area contributed by atoms with Crippen LogP contribution in [0.3, 0.4) is 0 Å². The molecule has 1 N–H and O–H groups in total. The van der Waals surface area contributed by atoms with E-state index in [-0.39, 0.29) is 10.8 Å². The number of aromatic nitrogens is 2. The van der Waals surface area contributed by atoms with Crippen molar-refractivity contribution in [2.75, 3.05) is 31.5 Å². The van der Waals surface area contributed by atoms with E-state index in [4.69, 9.17) is 11.6 Å². The molecule has 2 aromatic carbocycles. The van der Waals surface area contributed by atoms with E-state index in [2.05, 4.69) is 14.1 Å². The zero-order valence-corrected chi connectivity index (χ0v) is 19.5. The Morgan fingerprint density at radius 1 is 1.16 bits per heavy atom. The fourth-order valence-corrected chi connectivity index (χ4v) is 5.94. The van der Waals surface area contributed by atoms with Crippen LogP contribution in [0.25, 0.3) is 11.0 Å². The van der Waals surface area contributed by atoms with Crippen LogP contribution in [0.4, 0.5) is 5.69 Å². The summed E-state index contributed by atoms with van der Waals surface area (Å²) in [5.41, 5.74) is 2.58. The van der Waals surface area contributed by atoms with Crippen molar-refractivity contribution in [1.29, 1.82) is 0 Å². The van der Waals surface area contributed by atoms with Gasteiger partial charge in [0.2, 0.25) is 15.9 Å². The number of rotatable bonds is 5. The highest BCUT2D eigenvalue weighted by atomic mass is 35.5. The first kappa shape index (κ1) is 22.1. The van der Waals surface area contributed by atoms with E-state index in [0.717, 1.165) is 17.3 Å². The van der Waals surface area contributed by atoms with E-state index in [1.54, 1.807) is 30.3 Å². The first-order valence-corrected chi connectivity index (χ1v) is 12.3. The van der Waals surface area contributed by atoms with Crippen molar-refractivity contribution in [3.63, 3.8) is 0 Å². The summed E-state index contributed by atoms with van der Waals surface area (Å²) in [4.78, 5) is 14.9. The van der Waals surface area contributed by atoms with Gasteiger partial charge in [-0.3, -0.25) is 9.69 Å². The molecule has 1 atom stereocenters. The summed E-state index contributed by atoms with van der Waals surface area (Å²) in [6, 6.07) is 9.93. The lowest BCUT2D eigenvalue weighted by atomic mass is 10.1. The Balaban J connectivity index is 1.42. The number of benzene rings is 2. The van der Waals surface area contributed by atoms with Gasteiger partial charge in [-0.1, -0.05) is 23.7 Å². The summed E-state index contributed by atoms with van der Waals surface area (Å²) >= 11 is 7.03. The predicted molar refractivity (Wildman–Crippen MR) is 122 cm³/mol. The number of aryl methyl sites for hydroxylation is 1. The SMILES string of the molecule is Cc1ccc(Cl)cc1NC(=O)C(C)N1CCN(S(=O)(=O)c2cccc3nsnc23)CC1. The molecule has 0 aliphatic carbocycles. The molecule has 3 aromatic rings. The van der Waals surface area contributed by atoms with Crippen molar-refractivity contribution in [3.8, 4) is 0 Å². The van der Waals surface area contributed by atoms with E-state index in [9.17, 15) is 13.2 Å². The van der Waals surface area contributed by atoms with Gasteiger partial charge in [0.25, 0.3) is 0 Å². The summed E-state index contributed by atoms with van der Waals surface area (Å²) in [6.07, 6.45) is 0. The number of hydrogen-bond acceptors (Lipinski definition) is 7. The standard InChI is InChI=1S/C20H22ClN5O3S2/c1-13-6-7-15(21)12-17(13)22-20(27)14(2)25-8-10-26(11-9-25)31(28,29)18-5-3-4-16-19(18)24-30-23-16/h3-7,12,14H,8-11H2,1-2H3,(H,22,27). The average Bonchev–Trinajstić information content (AvgIpc) is 3.24. The second-order valence-electron chi connectivity index (χ2n) is 7.45. The van der Waals surface area contributed by atoms with Gasteiger partial charge in [-0.05, 0) is 43.7 Å². The summed E-state index contributed by atoms with van der Waals surface area (Å²) in [5, 5.41) is 3.48. The summed E-state index contributed by atoms with van der Waals surface area (Å²) in [5.74, 6) is -0.153. The van der Waals surface area contributed by atoms with Crippen LogP contribution in [0.15, 0.2) is 41.3 Å². The van der Waals surface area contributed by atoms with Crippen molar-refractivity contribution >= 4 is 56.0 Å².